The number of hydrogen-bond acceptors (Lipinski definition) is 3. The third-order valence-electron chi connectivity index (χ3n) is 5.08. The Bertz CT molecular complexity index is 302. The number of nitrogens with zero attached hydrogens (tertiary/aromatic N) is 1. The first-order valence-electron chi connectivity index (χ1n) is 7.86. The summed E-state index contributed by atoms with van der Waals surface area (Å²) in [5, 5.41) is 0. The van der Waals surface area contributed by atoms with Gasteiger partial charge in [0.05, 0.1) is 6.54 Å². The monoisotopic (exact) mass is 267 g/mol. The van der Waals surface area contributed by atoms with Gasteiger partial charge in [0.15, 0.2) is 0 Å². The highest BCUT2D eigenvalue weighted by molar-refractivity contribution is 5.76. The molecule has 4 heteroatoms. The van der Waals surface area contributed by atoms with E-state index in [9.17, 15) is 4.79 Å². The molecule has 0 aromatic heterocycles. The quantitative estimate of drug-likeness (QED) is 0.792. The molecule has 0 bridgehead atoms. The maximum atomic E-state index is 11.4. The van der Waals surface area contributed by atoms with Crippen LogP contribution in [0.5, 0.6) is 0 Å². The molecule has 0 aromatic rings. The van der Waals surface area contributed by atoms with Crippen molar-refractivity contribution in [2.75, 3.05) is 13.1 Å². The van der Waals surface area contributed by atoms with Gasteiger partial charge in [-0.3, -0.25) is 9.69 Å². The van der Waals surface area contributed by atoms with Crippen molar-refractivity contribution in [2.45, 2.75) is 64.0 Å². The van der Waals surface area contributed by atoms with E-state index in [1.54, 1.807) is 0 Å². The van der Waals surface area contributed by atoms with Crippen molar-refractivity contribution in [1.29, 1.82) is 0 Å². The Morgan fingerprint density at radius 3 is 2.47 bits per heavy atom. The van der Waals surface area contributed by atoms with Crippen LogP contribution in [0.15, 0.2) is 0 Å². The van der Waals surface area contributed by atoms with Gasteiger partial charge in [-0.2, -0.15) is 0 Å². The number of carbonyl (C=O) groups excluding carboxylic acids is 1. The molecule has 2 fully saturated rings. The molecule has 3 atom stereocenters. The van der Waals surface area contributed by atoms with Crippen LogP contribution < -0.4 is 11.5 Å². The van der Waals surface area contributed by atoms with E-state index >= 15 is 0 Å². The number of rotatable bonds is 5. The molecule has 2 aliphatic rings. The van der Waals surface area contributed by atoms with E-state index in [0.717, 1.165) is 12.5 Å². The van der Waals surface area contributed by atoms with E-state index < -0.39 is 0 Å². The summed E-state index contributed by atoms with van der Waals surface area (Å²) >= 11 is 0. The molecule has 2 rings (SSSR count). The Morgan fingerprint density at radius 2 is 1.89 bits per heavy atom. The zero-order chi connectivity index (χ0) is 13.8. The van der Waals surface area contributed by atoms with Crippen molar-refractivity contribution in [1.82, 2.24) is 4.90 Å². The maximum absolute atomic E-state index is 11.4. The molecule has 2 aliphatic carbocycles. The van der Waals surface area contributed by atoms with E-state index in [2.05, 4.69) is 11.8 Å². The highest BCUT2D eigenvalue weighted by atomic mass is 16.1. The summed E-state index contributed by atoms with van der Waals surface area (Å²) in [5.41, 5.74) is 11.4. The first-order chi connectivity index (χ1) is 9.11. The standard InChI is InChI=1S/C15H29N3O/c1-11-6-7-12(9-16)14(8-11)18(10-15(17)19)13-4-2-3-5-13/h11-14H,2-10,16H2,1H3,(H2,17,19). The predicted molar refractivity (Wildman–Crippen MR) is 77.5 cm³/mol. The molecule has 4 N–H and O–H groups in total. The fourth-order valence-electron chi connectivity index (χ4n) is 4.03. The maximum Gasteiger partial charge on any atom is 0.231 e. The van der Waals surface area contributed by atoms with Gasteiger partial charge in [0.25, 0.3) is 0 Å². The lowest BCUT2D eigenvalue weighted by Gasteiger charge is -2.44. The lowest BCUT2D eigenvalue weighted by atomic mass is 9.77. The van der Waals surface area contributed by atoms with Gasteiger partial charge in [-0.25, -0.2) is 0 Å². The van der Waals surface area contributed by atoms with E-state index in [4.69, 9.17) is 11.5 Å². The average molecular weight is 267 g/mol. The first-order valence-corrected chi connectivity index (χ1v) is 7.86. The molecule has 4 nitrogen and oxygen atoms in total. The van der Waals surface area contributed by atoms with Crippen LogP contribution in [0, 0.1) is 11.8 Å². The van der Waals surface area contributed by atoms with Gasteiger partial charge in [0, 0.05) is 12.1 Å². The minimum Gasteiger partial charge on any atom is -0.369 e. The largest absolute Gasteiger partial charge is 0.369 e. The Hall–Kier alpha value is -0.610. The van der Waals surface area contributed by atoms with Crippen molar-refractivity contribution >= 4 is 5.91 Å². The van der Waals surface area contributed by atoms with Crippen LogP contribution in [0.1, 0.15) is 51.9 Å². The first kappa shape index (κ1) is 14.8. The van der Waals surface area contributed by atoms with Crippen LogP contribution >= 0.6 is 0 Å². The van der Waals surface area contributed by atoms with Crippen molar-refractivity contribution in [3.05, 3.63) is 0 Å². The second-order valence-electron chi connectivity index (χ2n) is 6.56. The van der Waals surface area contributed by atoms with Gasteiger partial charge in [-0.05, 0) is 44.1 Å². The summed E-state index contributed by atoms with van der Waals surface area (Å²) in [7, 11) is 0. The minimum atomic E-state index is -0.194. The summed E-state index contributed by atoms with van der Waals surface area (Å²) in [4.78, 5) is 13.8. The van der Waals surface area contributed by atoms with Gasteiger partial charge in [-0.15, -0.1) is 0 Å². The zero-order valence-corrected chi connectivity index (χ0v) is 12.2. The predicted octanol–water partition coefficient (Wildman–Crippen LogP) is 1.48. The van der Waals surface area contributed by atoms with Crippen molar-refractivity contribution in [3.63, 3.8) is 0 Å². The van der Waals surface area contributed by atoms with Crippen molar-refractivity contribution < 1.29 is 4.79 Å². The molecular weight excluding hydrogens is 238 g/mol. The molecule has 110 valence electrons. The zero-order valence-electron chi connectivity index (χ0n) is 12.2. The molecule has 0 aromatic carbocycles. The Balaban J connectivity index is 2.11. The number of primary amides is 1. The molecule has 0 spiro atoms. The van der Waals surface area contributed by atoms with Gasteiger partial charge in [0.1, 0.15) is 0 Å². The van der Waals surface area contributed by atoms with Crippen LogP contribution in [-0.2, 0) is 4.79 Å². The third-order valence-corrected chi connectivity index (χ3v) is 5.08. The average Bonchev–Trinajstić information content (AvgIpc) is 2.89. The highest BCUT2D eigenvalue weighted by Crippen LogP contribution is 2.35. The molecule has 3 unspecified atom stereocenters. The van der Waals surface area contributed by atoms with Crippen molar-refractivity contribution in [3.8, 4) is 0 Å². The van der Waals surface area contributed by atoms with Crippen LogP contribution in [0.2, 0.25) is 0 Å². The molecule has 0 aliphatic heterocycles. The highest BCUT2D eigenvalue weighted by Gasteiger charge is 2.36. The summed E-state index contributed by atoms with van der Waals surface area (Å²) in [5.74, 6) is 1.08. The fraction of sp³-hybridized carbons (Fsp3) is 0.933. The van der Waals surface area contributed by atoms with E-state index in [1.807, 2.05) is 0 Å². The van der Waals surface area contributed by atoms with E-state index in [1.165, 1.54) is 44.9 Å². The third kappa shape index (κ3) is 3.69. The molecule has 0 heterocycles. The molecule has 0 radical (unpaired) electrons. The second kappa shape index (κ2) is 6.71. The van der Waals surface area contributed by atoms with E-state index in [-0.39, 0.29) is 5.91 Å². The molecule has 19 heavy (non-hydrogen) atoms. The van der Waals surface area contributed by atoms with Gasteiger partial charge >= 0.3 is 0 Å². The van der Waals surface area contributed by atoms with Crippen LogP contribution in [-0.4, -0.2) is 36.0 Å². The van der Waals surface area contributed by atoms with Crippen molar-refractivity contribution in [2.24, 2.45) is 23.3 Å². The summed E-state index contributed by atoms with van der Waals surface area (Å²) < 4.78 is 0. The van der Waals surface area contributed by atoms with E-state index in [0.29, 0.717) is 24.5 Å². The van der Waals surface area contributed by atoms with Gasteiger partial charge in [-0.1, -0.05) is 26.2 Å². The summed E-state index contributed by atoms with van der Waals surface area (Å²) in [6, 6.07) is 1.01. The van der Waals surface area contributed by atoms with Crippen LogP contribution in [0.4, 0.5) is 0 Å². The smallest absolute Gasteiger partial charge is 0.231 e. The number of carbonyl (C=O) groups is 1. The minimum absolute atomic E-state index is 0.194. The Kier molecular flexibility index (Phi) is 5.22. The second-order valence-corrected chi connectivity index (χ2v) is 6.56. The molecule has 1 amide bonds. The summed E-state index contributed by atoms with van der Waals surface area (Å²) in [6.07, 6.45) is 8.65. The lowest BCUT2D eigenvalue weighted by molar-refractivity contribution is -0.121. The van der Waals surface area contributed by atoms with Gasteiger partial charge < -0.3 is 11.5 Å². The normalized spacial score (nSPS) is 32.9. The topological polar surface area (TPSA) is 72.3 Å². The number of hydrogen-bond donors (Lipinski definition) is 2. The molecule has 0 saturated heterocycles. The molecular formula is C15H29N3O. The number of amides is 1. The Labute approximate surface area is 116 Å². The number of nitrogens with two attached hydrogens (primary N) is 2. The fourth-order valence-corrected chi connectivity index (χ4v) is 4.03. The van der Waals surface area contributed by atoms with Gasteiger partial charge in [0.2, 0.25) is 5.91 Å². The lowest BCUT2D eigenvalue weighted by Crippen LogP contribution is -2.53. The molecule has 2 saturated carbocycles. The van der Waals surface area contributed by atoms with Crippen LogP contribution in [0.25, 0.3) is 0 Å². The Morgan fingerprint density at radius 1 is 1.21 bits per heavy atom. The van der Waals surface area contributed by atoms with Crippen LogP contribution in [0.3, 0.4) is 0 Å². The SMILES string of the molecule is CC1CCC(CN)C(N(CC(N)=O)C2CCCC2)C1. The summed E-state index contributed by atoms with van der Waals surface area (Å²) in [6.45, 7) is 3.47.